The largest absolute Gasteiger partial charge is 0.481 e. The van der Waals surface area contributed by atoms with E-state index in [2.05, 4.69) is 56.7 Å². The maximum Gasteiger partial charge on any atom is 0.304 e. The van der Waals surface area contributed by atoms with Crippen LogP contribution in [0.3, 0.4) is 0 Å². The normalized spacial score (nSPS) is 13.1. The lowest BCUT2D eigenvalue weighted by molar-refractivity contribution is -0.139. The number of amides is 2. The number of carboxylic acids is 1. The number of allylic oxidation sites excluding steroid dienone is 5. The minimum Gasteiger partial charge on any atom is -0.481 e. The van der Waals surface area contributed by atoms with Crippen LogP contribution < -0.4 is 16.6 Å². The van der Waals surface area contributed by atoms with E-state index in [0.717, 1.165) is 25.7 Å². The topological polar surface area (TPSA) is 122 Å². The molecule has 8 heteroatoms. The zero-order valence-electron chi connectivity index (χ0n) is 21.9. The summed E-state index contributed by atoms with van der Waals surface area (Å²) >= 11 is 1.50. The van der Waals surface area contributed by atoms with Crippen LogP contribution in [0.4, 0.5) is 0 Å². The summed E-state index contributed by atoms with van der Waals surface area (Å²) in [5.41, 5.74) is 6.69. The quantitative estimate of drug-likeness (QED) is 0.0734. The second kappa shape index (κ2) is 19.3. The first-order chi connectivity index (χ1) is 17.1. The fraction of sp³-hybridized carbons (Fsp3) is 0.483. The Morgan fingerprint density at radius 2 is 1.54 bits per heavy atom. The van der Waals surface area contributed by atoms with Crippen LogP contribution >= 0.6 is 11.8 Å². The summed E-state index contributed by atoms with van der Waals surface area (Å²) in [5.74, 6) is 3.30. The van der Waals surface area contributed by atoms with Crippen LogP contribution in [0.2, 0.25) is 0 Å². The van der Waals surface area contributed by atoms with Gasteiger partial charge in [0.25, 0.3) is 5.91 Å². The number of carbonyl (C=O) groups excluding carboxylic acids is 2. The molecular weight excluding hydrogens is 486 g/mol. The molecule has 0 aliphatic carbocycles. The monoisotopic (exact) mass is 531 g/mol. The molecule has 5 N–H and O–H groups in total. The number of hydrogen-bond donors (Lipinski definition) is 4. The van der Waals surface area contributed by atoms with Crippen LogP contribution in [0, 0.1) is 0 Å². The summed E-state index contributed by atoms with van der Waals surface area (Å²) in [6.45, 7) is 8.49. The lowest BCUT2D eigenvalue weighted by Crippen LogP contribution is -2.51. The highest BCUT2D eigenvalue weighted by Crippen LogP contribution is 2.20. The van der Waals surface area contributed by atoms with Gasteiger partial charge in [0, 0.05) is 11.5 Å². The van der Waals surface area contributed by atoms with Crippen LogP contribution in [-0.2, 0) is 14.4 Å². The molecule has 0 bridgehead atoms. The van der Waals surface area contributed by atoms with Crippen LogP contribution in [0.25, 0.3) is 0 Å². The molecule has 206 valence electrons. The summed E-state index contributed by atoms with van der Waals surface area (Å²) in [5, 5.41) is 11.9. The molecule has 1 aromatic carbocycles. The van der Waals surface area contributed by atoms with Gasteiger partial charge in [0.05, 0.1) is 12.3 Å². The summed E-state index contributed by atoms with van der Waals surface area (Å²) in [4.78, 5) is 36.5. The number of thioether (sulfide) groups is 1. The predicted octanol–water partition coefficient (Wildman–Crippen LogP) is 5.51. The molecule has 0 aliphatic heterocycles. The van der Waals surface area contributed by atoms with E-state index in [1.54, 1.807) is 30.3 Å². The molecule has 2 amide bonds. The molecule has 1 rings (SSSR count). The molecule has 37 heavy (non-hydrogen) atoms. The van der Waals surface area contributed by atoms with Crippen molar-refractivity contribution in [1.82, 2.24) is 10.7 Å². The Kier molecular flexibility index (Phi) is 17.8. The Hall–Kier alpha value is -2.84. The van der Waals surface area contributed by atoms with Crippen molar-refractivity contribution in [3.05, 3.63) is 70.8 Å². The van der Waals surface area contributed by atoms with E-state index in [1.165, 1.54) is 28.5 Å². The van der Waals surface area contributed by atoms with Gasteiger partial charge in [-0.2, -0.15) is 11.8 Å². The molecule has 2 atom stereocenters. The Balaban J connectivity index is 0.0000130. The Morgan fingerprint density at radius 3 is 2.11 bits per heavy atom. The van der Waals surface area contributed by atoms with Crippen LogP contribution in [0.5, 0.6) is 0 Å². The van der Waals surface area contributed by atoms with Crippen molar-refractivity contribution in [2.75, 3.05) is 11.5 Å². The number of nitrogens with one attached hydrogen (secondary N) is 2. The van der Waals surface area contributed by atoms with Gasteiger partial charge in [-0.15, -0.1) is 0 Å². The standard InChI is InChI=1S/C28H41N3O4S.CH4/c1-20(2)10-8-11-21(3)12-9-13-22(4)16-17-36-19-25(28(35)31-29)30-27(34)24(18-26(32)33)23-14-6-5-7-15-23;/h5-7,10,12,14-16,24-25H,8-9,11,13,17-19,29H2,1-4H3,(H,30,34)(H,31,35)(H,32,33);1H4/b21-12+,22-16+;/t24?,25-;/m0./s1. The van der Waals surface area contributed by atoms with Crippen molar-refractivity contribution in [3.63, 3.8) is 0 Å². The Labute approximate surface area is 227 Å². The van der Waals surface area contributed by atoms with Crippen molar-refractivity contribution in [3.8, 4) is 0 Å². The average Bonchev–Trinajstić information content (AvgIpc) is 2.83. The number of hydrazine groups is 1. The van der Waals surface area contributed by atoms with Gasteiger partial charge in [-0.3, -0.25) is 19.8 Å². The maximum atomic E-state index is 12.9. The molecule has 0 heterocycles. The van der Waals surface area contributed by atoms with E-state index in [1.807, 2.05) is 0 Å². The second-order valence-electron chi connectivity index (χ2n) is 9.13. The van der Waals surface area contributed by atoms with Gasteiger partial charge in [-0.25, -0.2) is 5.84 Å². The zero-order chi connectivity index (χ0) is 26.9. The highest BCUT2D eigenvalue weighted by Gasteiger charge is 2.28. The minimum atomic E-state index is -1.09. The van der Waals surface area contributed by atoms with Crippen LogP contribution in [0.1, 0.15) is 78.7 Å². The average molecular weight is 532 g/mol. The Morgan fingerprint density at radius 1 is 0.946 bits per heavy atom. The van der Waals surface area contributed by atoms with E-state index >= 15 is 0 Å². The number of carbonyl (C=O) groups is 3. The third-order valence-corrected chi connectivity index (χ3v) is 6.60. The van der Waals surface area contributed by atoms with Gasteiger partial charge < -0.3 is 10.4 Å². The lowest BCUT2D eigenvalue weighted by Gasteiger charge is -2.21. The SMILES string of the molecule is C.CC(C)=CCC/C(C)=C/CC/C(C)=C/CSC[C@H](NC(=O)C(CC(=O)O)c1ccccc1)C(=O)NN. The number of carboxylic acid groups (broad SMARTS) is 1. The molecule has 0 saturated carbocycles. The smallest absolute Gasteiger partial charge is 0.304 e. The van der Waals surface area contributed by atoms with E-state index < -0.39 is 29.7 Å². The summed E-state index contributed by atoms with van der Waals surface area (Å²) in [6.07, 6.45) is 10.4. The highest BCUT2D eigenvalue weighted by molar-refractivity contribution is 7.99. The molecular formula is C29H45N3O4S. The predicted molar refractivity (Wildman–Crippen MR) is 155 cm³/mol. The van der Waals surface area contributed by atoms with Gasteiger partial charge in [0.1, 0.15) is 6.04 Å². The first-order valence-corrected chi connectivity index (χ1v) is 13.4. The fourth-order valence-electron chi connectivity index (χ4n) is 3.50. The molecule has 0 radical (unpaired) electrons. The third kappa shape index (κ3) is 15.1. The van der Waals surface area contributed by atoms with Crippen molar-refractivity contribution in [2.24, 2.45) is 5.84 Å². The minimum absolute atomic E-state index is 0. The first kappa shape index (κ1) is 34.2. The van der Waals surface area contributed by atoms with Crippen molar-refractivity contribution in [1.29, 1.82) is 0 Å². The van der Waals surface area contributed by atoms with E-state index in [9.17, 15) is 19.5 Å². The molecule has 0 aliphatic rings. The number of aliphatic carboxylic acids is 1. The summed E-state index contributed by atoms with van der Waals surface area (Å²) in [6, 6.07) is 7.81. The van der Waals surface area contributed by atoms with Crippen molar-refractivity contribution < 1.29 is 19.5 Å². The second-order valence-corrected chi connectivity index (χ2v) is 10.2. The molecule has 7 nitrogen and oxygen atoms in total. The van der Waals surface area contributed by atoms with Gasteiger partial charge in [-0.1, -0.05) is 72.7 Å². The lowest BCUT2D eigenvalue weighted by atomic mass is 9.94. The number of rotatable bonds is 16. The van der Waals surface area contributed by atoms with Gasteiger partial charge in [0.2, 0.25) is 5.91 Å². The number of benzene rings is 1. The van der Waals surface area contributed by atoms with Crippen LogP contribution in [0.15, 0.2) is 65.3 Å². The molecule has 0 aromatic heterocycles. The molecule has 1 aromatic rings. The van der Waals surface area contributed by atoms with E-state index in [0.29, 0.717) is 17.1 Å². The Bertz CT molecular complexity index is 938. The van der Waals surface area contributed by atoms with Crippen molar-refractivity contribution in [2.45, 2.75) is 79.2 Å². The molecule has 0 fully saturated rings. The molecule has 0 spiro atoms. The number of nitrogens with two attached hydrogens (primary N) is 1. The number of hydrogen-bond acceptors (Lipinski definition) is 5. The third-order valence-electron chi connectivity index (χ3n) is 5.63. The van der Waals surface area contributed by atoms with E-state index in [4.69, 9.17) is 5.84 Å². The van der Waals surface area contributed by atoms with Gasteiger partial charge >= 0.3 is 5.97 Å². The fourth-order valence-corrected chi connectivity index (χ4v) is 4.51. The summed E-state index contributed by atoms with van der Waals surface area (Å²) in [7, 11) is 0. The zero-order valence-corrected chi connectivity index (χ0v) is 22.7. The van der Waals surface area contributed by atoms with Gasteiger partial charge in [-0.05, 0) is 58.9 Å². The molecule has 1 unspecified atom stereocenters. The highest BCUT2D eigenvalue weighted by atomic mass is 32.2. The van der Waals surface area contributed by atoms with Crippen molar-refractivity contribution >= 4 is 29.5 Å². The van der Waals surface area contributed by atoms with Crippen LogP contribution in [-0.4, -0.2) is 40.4 Å². The van der Waals surface area contributed by atoms with Gasteiger partial charge in [0.15, 0.2) is 0 Å². The summed E-state index contributed by atoms with van der Waals surface area (Å²) < 4.78 is 0. The van der Waals surface area contributed by atoms with E-state index in [-0.39, 0.29) is 13.8 Å². The maximum absolute atomic E-state index is 12.9. The first-order valence-electron chi connectivity index (χ1n) is 12.2. The molecule has 0 saturated heterocycles.